The molecule has 0 radical (unpaired) electrons. The van der Waals surface area contributed by atoms with E-state index in [1.54, 1.807) is 0 Å². The summed E-state index contributed by atoms with van der Waals surface area (Å²) in [6.07, 6.45) is 2.13. The van der Waals surface area contributed by atoms with Crippen molar-refractivity contribution in [3.05, 3.63) is 36.0 Å². The van der Waals surface area contributed by atoms with Crippen molar-refractivity contribution in [3.8, 4) is 0 Å². The molecule has 5 heteroatoms. The van der Waals surface area contributed by atoms with Crippen LogP contribution in [-0.4, -0.2) is 83.3 Å². The van der Waals surface area contributed by atoms with Crippen LogP contribution in [0.3, 0.4) is 0 Å². The summed E-state index contributed by atoms with van der Waals surface area (Å²) in [5.74, 6) is 0.998. The second-order valence-corrected chi connectivity index (χ2v) is 8.45. The number of aliphatic hydroxyl groups is 1. The molecule has 27 heavy (non-hydrogen) atoms. The summed E-state index contributed by atoms with van der Waals surface area (Å²) in [5, 5.41) is 11.2. The Hall–Kier alpha value is -1.40. The summed E-state index contributed by atoms with van der Waals surface area (Å²) in [5.41, 5.74) is 2.67. The summed E-state index contributed by atoms with van der Waals surface area (Å²) in [7, 11) is 2.10. The van der Waals surface area contributed by atoms with Crippen LogP contribution in [0.1, 0.15) is 12.5 Å². The lowest BCUT2D eigenvalue weighted by Gasteiger charge is -2.36. The minimum absolute atomic E-state index is 0.313. The Labute approximate surface area is 163 Å². The minimum atomic E-state index is 0.313. The molecule has 0 spiro atoms. The van der Waals surface area contributed by atoms with Gasteiger partial charge < -0.3 is 19.5 Å². The molecule has 2 fully saturated rings. The normalized spacial score (nSPS) is 25.6. The second kappa shape index (κ2) is 8.31. The van der Waals surface area contributed by atoms with Gasteiger partial charge in [0.1, 0.15) is 0 Å². The van der Waals surface area contributed by atoms with E-state index in [0.29, 0.717) is 18.4 Å². The number of fused-ring (bicyclic) bond motifs is 1. The number of likely N-dealkylation sites (tertiary alicyclic amines) is 1. The van der Waals surface area contributed by atoms with Gasteiger partial charge in [-0.2, -0.15) is 0 Å². The zero-order valence-corrected chi connectivity index (χ0v) is 16.8. The number of aromatic nitrogens is 1. The maximum absolute atomic E-state index is 9.92. The lowest BCUT2D eigenvalue weighted by molar-refractivity contribution is 0.106. The van der Waals surface area contributed by atoms with Crippen LogP contribution >= 0.6 is 0 Å². The van der Waals surface area contributed by atoms with Crippen molar-refractivity contribution in [3.63, 3.8) is 0 Å². The number of rotatable bonds is 6. The smallest absolute Gasteiger partial charge is 0.0477 e. The molecule has 3 heterocycles. The number of benzene rings is 1. The molecular weight excluding hydrogens is 336 g/mol. The topological polar surface area (TPSA) is 34.9 Å². The Bertz CT molecular complexity index is 750. The van der Waals surface area contributed by atoms with E-state index in [0.717, 1.165) is 32.7 Å². The molecule has 5 nitrogen and oxygen atoms in total. The third-order valence-electron chi connectivity index (χ3n) is 6.65. The number of hydrogen-bond acceptors (Lipinski definition) is 4. The van der Waals surface area contributed by atoms with Gasteiger partial charge in [0.15, 0.2) is 0 Å². The fourth-order valence-electron chi connectivity index (χ4n) is 4.89. The highest BCUT2D eigenvalue weighted by Gasteiger charge is 2.33. The fraction of sp³-hybridized carbons (Fsp3) is 0.636. The molecule has 0 aliphatic carbocycles. The summed E-state index contributed by atoms with van der Waals surface area (Å²) < 4.78 is 2.17. The van der Waals surface area contributed by atoms with Crippen molar-refractivity contribution in [1.29, 1.82) is 0 Å². The van der Waals surface area contributed by atoms with Crippen LogP contribution in [-0.2, 0) is 13.6 Å². The number of aliphatic hydroxyl groups excluding tert-OH is 1. The quantitative estimate of drug-likeness (QED) is 0.842. The van der Waals surface area contributed by atoms with E-state index in [2.05, 4.69) is 63.7 Å². The highest BCUT2D eigenvalue weighted by molar-refractivity contribution is 5.80. The minimum Gasteiger partial charge on any atom is -0.396 e. The van der Waals surface area contributed by atoms with Gasteiger partial charge in [-0.25, -0.2) is 0 Å². The third kappa shape index (κ3) is 4.21. The van der Waals surface area contributed by atoms with Crippen molar-refractivity contribution in [2.45, 2.75) is 13.5 Å². The first-order valence-electron chi connectivity index (χ1n) is 10.5. The summed E-state index contributed by atoms with van der Waals surface area (Å²) in [6, 6.07) is 9.00. The maximum atomic E-state index is 9.92. The molecular formula is C22H34N4O. The molecule has 1 N–H and O–H groups in total. The average molecular weight is 371 g/mol. The first-order chi connectivity index (χ1) is 13.2. The summed E-state index contributed by atoms with van der Waals surface area (Å²) in [6.45, 7) is 12.7. The van der Waals surface area contributed by atoms with Crippen molar-refractivity contribution in [2.75, 3.05) is 59.0 Å². The molecule has 0 bridgehead atoms. The van der Waals surface area contributed by atoms with Crippen molar-refractivity contribution in [1.82, 2.24) is 19.3 Å². The van der Waals surface area contributed by atoms with Crippen LogP contribution < -0.4 is 0 Å². The number of piperazine rings is 1. The van der Waals surface area contributed by atoms with Gasteiger partial charge in [-0.3, -0.25) is 4.90 Å². The number of hydrogen-bond donors (Lipinski definition) is 1. The van der Waals surface area contributed by atoms with Gasteiger partial charge in [0.25, 0.3) is 0 Å². The van der Waals surface area contributed by atoms with Gasteiger partial charge in [-0.15, -0.1) is 0 Å². The van der Waals surface area contributed by atoms with Gasteiger partial charge in [-0.1, -0.05) is 13.0 Å². The lowest BCUT2D eigenvalue weighted by atomic mass is 9.96. The molecule has 2 aliphatic heterocycles. The average Bonchev–Trinajstić information content (AvgIpc) is 3.25. The van der Waals surface area contributed by atoms with E-state index in [4.69, 9.17) is 0 Å². The van der Waals surface area contributed by atoms with Crippen LogP contribution in [0.2, 0.25) is 0 Å². The van der Waals surface area contributed by atoms with Gasteiger partial charge in [-0.05, 0) is 47.5 Å². The molecule has 0 unspecified atom stereocenters. The van der Waals surface area contributed by atoms with Crippen LogP contribution in [0.15, 0.2) is 30.5 Å². The van der Waals surface area contributed by atoms with Gasteiger partial charge in [0.05, 0.1) is 0 Å². The Balaban J connectivity index is 1.35. The van der Waals surface area contributed by atoms with E-state index in [-0.39, 0.29) is 0 Å². The van der Waals surface area contributed by atoms with E-state index in [9.17, 15) is 5.11 Å². The SMILES string of the molecule is CCN1CCN(C[C@@H]2CN(Cc3ccc4c(ccn4C)c3)C[C@@H]2CO)CC1. The van der Waals surface area contributed by atoms with Crippen molar-refractivity contribution in [2.24, 2.45) is 18.9 Å². The van der Waals surface area contributed by atoms with Gasteiger partial charge >= 0.3 is 0 Å². The molecule has 0 amide bonds. The highest BCUT2D eigenvalue weighted by atomic mass is 16.3. The molecule has 148 valence electrons. The van der Waals surface area contributed by atoms with Gasteiger partial charge in [0, 0.05) is 77.7 Å². The largest absolute Gasteiger partial charge is 0.396 e. The Morgan fingerprint density at radius 1 is 0.963 bits per heavy atom. The van der Waals surface area contributed by atoms with Crippen LogP contribution in [0.5, 0.6) is 0 Å². The molecule has 2 aliphatic rings. The third-order valence-corrected chi connectivity index (χ3v) is 6.65. The van der Waals surface area contributed by atoms with Crippen LogP contribution in [0.4, 0.5) is 0 Å². The Morgan fingerprint density at radius 3 is 2.44 bits per heavy atom. The van der Waals surface area contributed by atoms with Crippen LogP contribution in [0.25, 0.3) is 10.9 Å². The standard InChI is InChI=1S/C22H34N4O/c1-3-24-8-10-25(11-9-24)14-20-15-26(16-21(20)17-27)13-18-4-5-22-19(12-18)6-7-23(22)2/h4-7,12,20-21,27H,3,8-11,13-17H2,1-2H3/t20-,21-/m1/s1. The Morgan fingerprint density at radius 2 is 1.70 bits per heavy atom. The molecule has 2 atom stereocenters. The lowest BCUT2D eigenvalue weighted by Crippen LogP contribution is -2.48. The number of nitrogens with zero attached hydrogens (tertiary/aromatic N) is 4. The number of aryl methyl sites for hydroxylation is 1. The molecule has 2 saturated heterocycles. The molecule has 1 aromatic carbocycles. The molecule has 2 aromatic rings. The summed E-state index contributed by atoms with van der Waals surface area (Å²) in [4.78, 5) is 7.68. The predicted molar refractivity (Wildman–Crippen MR) is 111 cm³/mol. The maximum Gasteiger partial charge on any atom is 0.0477 e. The zero-order chi connectivity index (χ0) is 18.8. The fourth-order valence-corrected chi connectivity index (χ4v) is 4.89. The molecule has 1 aromatic heterocycles. The Kier molecular flexibility index (Phi) is 5.83. The van der Waals surface area contributed by atoms with E-state index < -0.39 is 0 Å². The number of likely N-dealkylation sites (N-methyl/N-ethyl adjacent to an activating group) is 1. The second-order valence-electron chi connectivity index (χ2n) is 8.45. The highest BCUT2D eigenvalue weighted by Crippen LogP contribution is 2.27. The van der Waals surface area contributed by atoms with Crippen molar-refractivity contribution < 1.29 is 5.11 Å². The van der Waals surface area contributed by atoms with E-state index in [1.165, 1.54) is 42.6 Å². The van der Waals surface area contributed by atoms with Crippen LogP contribution in [0, 0.1) is 11.8 Å². The van der Waals surface area contributed by atoms with Gasteiger partial charge in [0.2, 0.25) is 0 Å². The zero-order valence-electron chi connectivity index (χ0n) is 16.8. The van der Waals surface area contributed by atoms with E-state index >= 15 is 0 Å². The predicted octanol–water partition coefficient (Wildman–Crippen LogP) is 1.86. The first kappa shape index (κ1) is 18.9. The monoisotopic (exact) mass is 370 g/mol. The van der Waals surface area contributed by atoms with Crippen molar-refractivity contribution >= 4 is 10.9 Å². The first-order valence-corrected chi connectivity index (χ1v) is 10.5. The summed E-state index contributed by atoms with van der Waals surface area (Å²) >= 11 is 0. The molecule has 4 rings (SSSR count). The molecule has 0 saturated carbocycles. The van der Waals surface area contributed by atoms with E-state index in [1.807, 2.05) is 0 Å².